The monoisotopic (exact) mass is 413 g/mol. The van der Waals surface area contributed by atoms with E-state index in [1.807, 2.05) is 36.6 Å². The quantitative estimate of drug-likeness (QED) is 0.788. The lowest BCUT2D eigenvalue weighted by molar-refractivity contribution is -0.133. The standard InChI is InChI=1S/C23H31N3O4/c1-5-12-26-21(27)17-13-16-18(29-3)10-11-19(30-4)20(16)25(17)14-23(26,2)22(28)24-15-8-6-7-9-15/h10-11,13,15H,5-9,12,14H2,1-4H3,(H,24,28). The van der Waals surface area contributed by atoms with Gasteiger partial charge in [-0.1, -0.05) is 19.8 Å². The summed E-state index contributed by atoms with van der Waals surface area (Å²) < 4.78 is 13.1. The van der Waals surface area contributed by atoms with E-state index >= 15 is 0 Å². The molecule has 0 spiro atoms. The van der Waals surface area contributed by atoms with Gasteiger partial charge in [0.05, 0.1) is 26.3 Å². The summed E-state index contributed by atoms with van der Waals surface area (Å²) in [6, 6.07) is 5.74. The fourth-order valence-electron chi connectivity index (χ4n) is 4.94. The van der Waals surface area contributed by atoms with E-state index in [1.54, 1.807) is 19.1 Å². The minimum Gasteiger partial charge on any atom is -0.496 e. The summed E-state index contributed by atoms with van der Waals surface area (Å²) >= 11 is 0. The smallest absolute Gasteiger partial charge is 0.271 e. The molecule has 7 heteroatoms. The molecule has 30 heavy (non-hydrogen) atoms. The van der Waals surface area contributed by atoms with Crippen LogP contribution in [0.25, 0.3) is 10.9 Å². The molecule has 7 nitrogen and oxygen atoms in total. The number of carbonyl (C=O) groups excluding carboxylic acids is 2. The van der Waals surface area contributed by atoms with Gasteiger partial charge in [-0.3, -0.25) is 9.59 Å². The highest BCUT2D eigenvalue weighted by Crippen LogP contribution is 2.40. The predicted molar refractivity (Wildman–Crippen MR) is 115 cm³/mol. The molecule has 1 saturated carbocycles. The van der Waals surface area contributed by atoms with E-state index in [4.69, 9.17) is 9.47 Å². The first kappa shape index (κ1) is 20.6. The summed E-state index contributed by atoms with van der Waals surface area (Å²) in [5, 5.41) is 4.03. The third kappa shape index (κ3) is 3.11. The Balaban J connectivity index is 1.83. The van der Waals surface area contributed by atoms with Crippen LogP contribution in [0.3, 0.4) is 0 Å². The lowest BCUT2D eigenvalue weighted by Gasteiger charge is -2.44. The van der Waals surface area contributed by atoms with Crippen LogP contribution in [0.1, 0.15) is 56.4 Å². The zero-order chi connectivity index (χ0) is 21.5. The molecule has 2 heterocycles. The second-order valence-corrected chi connectivity index (χ2v) is 8.53. The Morgan fingerprint density at radius 2 is 1.87 bits per heavy atom. The molecule has 1 N–H and O–H groups in total. The van der Waals surface area contributed by atoms with E-state index < -0.39 is 5.54 Å². The van der Waals surface area contributed by atoms with Gasteiger partial charge in [0.2, 0.25) is 5.91 Å². The number of fused-ring (bicyclic) bond motifs is 3. The van der Waals surface area contributed by atoms with Crippen LogP contribution in [-0.2, 0) is 11.3 Å². The Bertz CT molecular complexity index is 976. The first-order valence-corrected chi connectivity index (χ1v) is 10.8. The molecule has 1 fully saturated rings. The molecule has 1 aromatic carbocycles. The largest absolute Gasteiger partial charge is 0.496 e. The zero-order valence-electron chi connectivity index (χ0n) is 18.3. The van der Waals surface area contributed by atoms with Crippen molar-refractivity contribution in [1.29, 1.82) is 0 Å². The Kier molecular flexibility index (Phi) is 5.38. The van der Waals surface area contributed by atoms with Crippen LogP contribution in [0.5, 0.6) is 11.5 Å². The maximum atomic E-state index is 13.6. The second-order valence-electron chi connectivity index (χ2n) is 8.53. The molecule has 1 aliphatic heterocycles. The van der Waals surface area contributed by atoms with Crippen LogP contribution in [0, 0.1) is 0 Å². The van der Waals surface area contributed by atoms with Gasteiger partial charge in [-0.15, -0.1) is 0 Å². The summed E-state index contributed by atoms with van der Waals surface area (Å²) in [7, 11) is 3.23. The van der Waals surface area contributed by atoms with Crippen LogP contribution in [0.4, 0.5) is 0 Å². The van der Waals surface area contributed by atoms with Crippen LogP contribution in [-0.4, -0.2) is 53.6 Å². The molecular weight excluding hydrogens is 382 g/mol. The third-order valence-electron chi connectivity index (χ3n) is 6.57. The van der Waals surface area contributed by atoms with Crippen molar-refractivity contribution in [3.63, 3.8) is 0 Å². The first-order valence-electron chi connectivity index (χ1n) is 10.8. The lowest BCUT2D eigenvalue weighted by Crippen LogP contribution is -2.64. The highest BCUT2D eigenvalue weighted by atomic mass is 16.5. The number of ether oxygens (including phenoxy) is 2. The van der Waals surface area contributed by atoms with Crippen molar-refractivity contribution in [3.8, 4) is 11.5 Å². The molecule has 162 valence electrons. The van der Waals surface area contributed by atoms with E-state index in [2.05, 4.69) is 5.32 Å². The van der Waals surface area contributed by atoms with Gasteiger partial charge in [-0.2, -0.15) is 0 Å². The number of nitrogens with zero attached hydrogens (tertiary/aromatic N) is 2. The van der Waals surface area contributed by atoms with Crippen molar-refractivity contribution in [3.05, 3.63) is 23.9 Å². The van der Waals surface area contributed by atoms with Gasteiger partial charge >= 0.3 is 0 Å². The van der Waals surface area contributed by atoms with Gasteiger partial charge in [0.15, 0.2) is 0 Å². The van der Waals surface area contributed by atoms with Gasteiger partial charge < -0.3 is 24.3 Å². The average molecular weight is 414 g/mol. The molecule has 0 radical (unpaired) electrons. The number of nitrogens with one attached hydrogen (secondary N) is 1. The summed E-state index contributed by atoms with van der Waals surface area (Å²) in [5.41, 5.74) is 0.381. The normalized spacial score (nSPS) is 21.7. The number of aromatic nitrogens is 1. The Morgan fingerprint density at radius 1 is 1.20 bits per heavy atom. The fraction of sp³-hybridized carbons (Fsp3) is 0.565. The molecule has 0 bridgehead atoms. The summed E-state index contributed by atoms with van der Waals surface area (Å²) in [6.07, 6.45) is 5.08. The Morgan fingerprint density at radius 3 is 2.50 bits per heavy atom. The van der Waals surface area contributed by atoms with Crippen molar-refractivity contribution in [2.24, 2.45) is 0 Å². The van der Waals surface area contributed by atoms with Gasteiger partial charge in [0, 0.05) is 18.0 Å². The maximum absolute atomic E-state index is 13.6. The predicted octanol–water partition coefficient (Wildman–Crippen LogP) is 3.34. The number of carbonyl (C=O) groups is 2. The number of benzene rings is 1. The van der Waals surface area contributed by atoms with Crippen LogP contribution >= 0.6 is 0 Å². The Hall–Kier alpha value is -2.70. The van der Waals surface area contributed by atoms with E-state index in [9.17, 15) is 9.59 Å². The minimum absolute atomic E-state index is 0.0782. The van der Waals surface area contributed by atoms with Gasteiger partial charge in [-0.25, -0.2) is 0 Å². The summed E-state index contributed by atoms with van der Waals surface area (Å²) in [4.78, 5) is 28.8. The molecule has 1 atom stereocenters. The maximum Gasteiger partial charge on any atom is 0.271 e. The molecule has 1 aromatic heterocycles. The summed E-state index contributed by atoms with van der Waals surface area (Å²) in [6.45, 7) is 4.81. The fourth-order valence-corrected chi connectivity index (χ4v) is 4.94. The van der Waals surface area contributed by atoms with Crippen molar-refractivity contribution in [2.75, 3.05) is 20.8 Å². The number of methoxy groups -OCH3 is 2. The number of hydrogen-bond acceptors (Lipinski definition) is 4. The van der Waals surface area contributed by atoms with E-state index in [-0.39, 0.29) is 17.9 Å². The molecule has 2 aliphatic rings. The van der Waals surface area contributed by atoms with Crippen molar-refractivity contribution in [1.82, 2.24) is 14.8 Å². The van der Waals surface area contributed by atoms with Crippen molar-refractivity contribution < 1.29 is 19.1 Å². The van der Waals surface area contributed by atoms with Crippen LogP contribution in [0.15, 0.2) is 18.2 Å². The van der Waals surface area contributed by atoms with Crippen molar-refractivity contribution >= 4 is 22.7 Å². The highest BCUT2D eigenvalue weighted by molar-refractivity contribution is 6.05. The third-order valence-corrected chi connectivity index (χ3v) is 6.57. The lowest BCUT2D eigenvalue weighted by atomic mass is 9.94. The second kappa shape index (κ2) is 7.85. The minimum atomic E-state index is -0.970. The topological polar surface area (TPSA) is 72.8 Å². The SMILES string of the molecule is CCCN1C(=O)c2cc3c(OC)ccc(OC)c3n2CC1(C)C(=O)NC1CCCC1. The van der Waals surface area contributed by atoms with Crippen LogP contribution in [0.2, 0.25) is 0 Å². The van der Waals surface area contributed by atoms with E-state index in [0.717, 1.165) is 43.0 Å². The number of hydrogen-bond donors (Lipinski definition) is 1. The van der Waals surface area contributed by atoms with E-state index in [1.165, 1.54) is 0 Å². The molecule has 2 amide bonds. The van der Waals surface area contributed by atoms with Gasteiger partial charge in [0.1, 0.15) is 22.7 Å². The molecule has 2 aromatic rings. The van der Waals surface area contributed by atoms with Gasteiger partial charge in [-0.05, 0) is 44.4 Å². The summed E-state index contributed by atoms with van der Waals surface area (Å²) in [5.74, 6) is 1.13. The van der Waals surface area contributed by atoms with Crippen molar-refractivity contribution in [2.45, 2.75) is 64.1 Å². The number of amides is 2. The van der Waals surface area contributed by atoms with Crippen LogP contribution < -0.4 is 14.8 Å². The molecule has 1 aliphatic carbocycles. The number of rotatable bonds is 6. The molecule has 4 rings (SSSR count). The highest BCUT2D eigenvalue weighted by Gasteiger charge is 2.48. The van der Waals surface area contributed by atoms with E-state index in [0.29, 0.717) is 30.3 Å². The average Bonchev–Trinajstić information content (AvgIpc) is 3.38. The zero-order valence-corrected chi connectivity index (χ0v) is 18.3. The molecule has 0 saturated heterocycles. The van der Waals surface area contributed by atoms with Gasteiger partial charge in [0.25, 0.3) is 5.91 Å². The molecular formula is C23H31N3O4. The Labute approximate surface area is 177 Å². The molecule has 1 unspecified atom stereocenters. The first-order chi connectivity index (χ1) is 14.4.